The van der Waals surface area contributed by atoms with E-state index in [1.54, 1.807) is 19.5 Å². The Morgan fingerprint density at radius 2 is 2.21 bits per heavy atom. The van der Waals surface area contributed by atoms with Crippen molar-refractivity contribution in [1.29, 1.82) is 0 Å². The fourth-order valence-corrected chi connectivity index (χ4v) is 0.964. The molecule has 0 aliphatic rings. The summed E-state index contributed by atoms with van der Waals surface area (Å²) >= 11 is 3.20. The Morgan fingerprint density at radius 1 is 1.57 bits per heavy atom. The lowest BCUT2D eigenvalue weighted by Gasteiger charge is -2.02. The maximum Gasteiger partial charge on any atom is 0.229 e. The third-order valence-electron chi connectivity index (χ3n) is 1.40. The number of nitrogens with zero attached hydrogens (tertiary/aromatic N) is 2. The predicted molar refractivity (Wildman–Crippen MR) is 54.9 cm³/mol. The van der Waals surface area contributed by atoms with Gasteiger partial charge in [0.15, 0.2) is 0 Å². The van der Waals surface area contributed by atoms with Crippen molar-refractivity contribution in [1.82, 2.24) is 9.97 Å². The number of halogens is 1. The van der Waals surface area contributed by atoms with Crippen LogP contribution in [0.4, 0.5) is 5.95 Å². The minimum absolute atomic E-state index is 0.158. The third-order valence-corrected chi connectivity index (χ3v) is 1.81. The number of hydrogen-bond donors (Lipinski definition) is 1. The second kappa shape index (κ2) is 5.66. The Balaban J connectivity index is 2.44. The van der Waals surface area contributed by atoms with Crippen molar-refractivity contribution >= 4 is 27.8 Å². The summed E-state index contributed by atoms with van der Waals surface area (Å²) in [7, 11) is 1.55. The van der Waals surface area contributed by atoms with Crippen molar-refractivity contribution < 1.29 is 9.53 Å². The highest BCUT2D eigenvalue weighted by Crippen LogP contribution is 2.06. The SMILES string of the molecule is COCCC(=O)Nc1ncc(Br)cn1. The van der Waals surface area contributed by atoms with Crippen LogP contribution >= 0.6 is 15.9 Å². The summed E-state index contributed by atoms with van der Waals surface area (Å²) in [6, 6.07) is 0. The van der Waals surface area contributed by atoms with Gasteiger partial charge in [-0.1, -0.05) is 0 Å². The fourth-order valence-electron chi connectivity index (χ4n) is 0.759. The fraction of sp³-hybridized carbons (Fsp3) is 0.375. The van der Waals surface area contributed by atoms with Crippen molar-refractivity contribution in [3.05, 3.63) is 16.9 Å². The molecule has 1 N–H and O–H groups in total. The standard InChI is InChI=1S/C8H10BrN3O2/c1-14-3-2-7(13)12-8-10-4-6(9)5-11-8/h4-5H,2-3H2,1H3,(H,10,11,12,13). The summed E-state index contributed by atoms with van der Waals surface area (Å²) in [4.78, 5) is 19.0. The Bertz CT molecular complexity index is 302. The first kappa shape index (κ1) is 11.1. The van der Waals surface area contributed by atoms with Gasteiger partial charge < -0.3 is 4.74 Å². The summed E-state index contributed by atoms with van der Waals surface area (Å²) < 4.78 is 5.53. The summed E-state index contributed by atoms with van der Waals surface area (Å²) in [5.41, 5.74) is 0. The molecule has 0 aliphatic carbocycles. The smallest absolute Gasteiger partial charge is 0.229 e. The molecule has 14 heavy (non-hydrogen) atoms. The molecule has 6 heteroatoms. The molecular weight excluding hydrogens is 250 g/mol. The van der Waals surface area contributed by atoms with Crippen LogP contribution in [0.1, 0.15) is 6.42 Å². The van der Waals surface area contributed by atoms with Crippen molar-refractivity contribution in [2.75, 3.05) is 19.0 Å². The Hall–Kier alpha value is -1.01. The van der Waals surface area contributed by atoms with E-state index in [4.69, 9.17) is 4.74 Å². The van der Waals surface area contributed by atoms with E-state index in [9.17, 15) is 4.79 Å². The molecule has 0 aliphatic heterocycles. The molecule has 76 valence electrons. The van der Waals surface area contributed by atoms with Gasteiger partial charge >= 0.3 is 0 Å². The van der Waals surface area contributed by atoms with Crippen molar-refractivity contribution in [2.24, 2.45) is 0 Å². The molecule has 0 aromatic carbocycles. The van der Waals surface area contributed by atoms with Crippen LogP contribution in [-0.4, -0.2) is 29.6 Å². The van der Waals surface area contributed by atoms with Gasteiger partial charge in [-0.05, 0) is 15.9 Å². The maximum atomic E-state index is 11.2. The summed E-state index contributed by atoms with van der Waals surface area (Å²) in [5.74, 6) is 0.142. The zero-order chi connectivity index (χ0) is 10.4. The van der Waals surface area contributed by atoms with E-state index in [1.807, 2.05) is 0 Å². The van der Waals surface area contributed by atoms with Gasteiger partial charge in [0.1, 0.15) is 0 Å². The lowest BCUT2D eigenvalue weighted by atomic mass is 10.4. The molecule has 0 bridgehead atoms. The number of amides is 1. The Kier molecular flexibility index (Phi) is 4.48. The molecule has 0 fully saturated rings. The lowest BCUT2D eigenvalue weighted by molar-refractivity contribution is -0.117. The second-order valence-electron chi connectivity index (χ2n) is 2.52. The summed E-state index contributed by atoms with van der Waals surface area (Å²) in [5, 5.41) is 2.54. The van der Waals surface area contributed by atoms with E-state index < -0.39 is 0 Å². The van der Waals surface area contributed by atoms with E-state index in [2.05, 4.69) is 31.2 Å². The highest BCUT2D eigenvalue weighted by Gasteiger charge is 2.03. The molecule has 1 rings (SSSR count). The van der Waals surface area contributed by atoms with Crippen molar-refractivity contribution in [2.45, 2.75) is 6.42 Å². The Morgan fingerprint density at radius 3 is 2.79 bits per heavy atom. The number of rotatable bonds is 4. The molecule has 0 radical (unpaired) electrons. The first-order valence-electron chi connectivity index (χ1n) is 3.98. The molecule has 1 aromatic rings. The van der Waals surface area contributed by atoms with Crippen molar-refractivity contribution in [3.8, 4) is 0 Å². The molecule has 1 heterocycles. The number of hydrogen-bond acceptors (Lipinski definition) is 4. The number of carbonyl (C=O) groups is 1. The number of carbonyl (C=O) groups excluding carboxylic acids is 1. The van der Waals surface area contributed by atoms with Crippen LogP contribution in [-0.2, 0) is 9.53 Å². The third kappa shape index (κ3) is 3.80. The minimum atomic E-state index is -0.158. The van der Waals surface area contributed by atoms with Crippen LogP contribution in [0.15, 0.2) is 16.9 Å². The largest absolute Gasteiger partial charge is 0.384 e. The quantitative estimate of drug-likeness (QED) is 0.883. The second-order valence-corrected chi connectivity index (χ2v) is 3.43. The van der Waals surface area contributed by atoms with E-state index in [1.165, 1.54) is 0 Å². The normalized spacial score (nSPS) is 9.86. The minimum Gasteiger partial charge on any atom is -0.384 e. The van der Waals surface area contributed by atoms with Crippen LogP contribution in [0.5, 0.6) is 0 Å². The highest BCUT2D eigenvalue weighted by molar-refractivity contribution is 9.10. The van der Waals surface area contributed by atoms with E-state index in [0.717, 1.165) is 4.47 Å². The maximum absolute atomic E-state index is 11.2. The zero-order valence-electron chi connectivity index (χ0n) is 7.66. The Labute approximate surface area is 90.0 Å². The number of methoxy groups -OCH3 is 1. The molecule has 1 amide bonds. The van der Waals surface area contributed by atoms with Crippen LogP contribution < -0.4 is 5.32 Å². The summed E-state index contributed by atoms with van der Waals surface area (Å²) in [6.45, 7) is 0.391. The monoisotopic (exact) mass is 259 g/mol. The first-order chi connectivity index (χ1) is 6.72. The zero-order valence-corrected chi connectivity index (χ0v) is 9.24. The molecule has 0 atom stereocenters. The number of anilines is 1. The van der Waals surface area contributed by atoms with Gasteiger partial charge in [-0.2, -0.15) is 0 Å². The topological polar surface area (TPSA) is 64.1 Å². The molecular formula is C8H10BrN3O2. The van der Waals surface area contributed by atoms with Crippen LogP contribution in [0.25, 0.3) is 0 Å². The molecule has 0 spiro atoms. The number of ether oxygens (including phenoxy) is 1. The average Bonchev–Trinajstić information content (AvgIpc) is 2.18. The van der Waals surface area contributed by atoms with Gasteiger partial charge in [0.2, 0.25) is 11.9 Å². The lowest BCUT2D eigenvalue weighted by Crippen LogP contribution is -2.15. The van der Waals surface area contributed by atoms with E-state index in [-0.39, 0.29) is 5.91 Å². The first-order valence-corrected chi connectivity index (χ1v) is 4.78. The molecule has 0 unspecified atom stereocenters. The van der Waals surface area contributed by atoms with Gasteiger partial charge in [0.05, 0.1) is 17.5 Å². The van der Waals surface area contributed by atoms with Gasteiger partial charge in [-0.15, -0.1) is 0 Å². The molecule has 5 nitrogen and oxygen atoms in total. The highest BCUT2D eigenvalue weighted by atomic mass is 79.9. The molecule has 0 saturated heterocycles. The van der Waals surface area contributed by atoms with Gasteiger partial charge in [-0.25, -0.2) is 9.97 Å². The average molecular weight is 260 g/mol. The summed E-state index contributed by atoms with van der Waals surface area (Å²) in [6.07, 6.45) is 3.44. The molecule has 1 aromatic heterocycles. The number of aromatic nitrogens is 2. The van der Waals surface area contributed by atoms with Crippen LogP contribution in [0.3, 0.4) is 0 Å². The van der Waals surface area contributed by atoms with Crippen LogP contribution in [0, 0.1) is 0 Å². The van der Waals surface area contributed by atoms with Gasteiger partial charge in [-0.3, -0.25) is 10.1 Å². The van der Waals surface area contributed by atoms with E-state index in [0.29, 0.717) is 19.0 Å². The van der Waals surface area contributed by atoms with Crippen LogP contribution in [0.2, 0.25) is 0 Å². The van der Waals surface area contributed by atoms with E-state index >= 15 is 0 Å². The van der Waals surface area contributed by atoms with Gasteiger partial charge in [0, 0.05) is 19.5 Å². The number of nitrogens with one attached hydrogen (secondary N) is 1. The van der Waals surface area contributed by atoms with Gasteiger partial charge in [0.25, 0.3) is 0 Å². The van der Waals surface area contributed by atoms with Crippen molar-refractivity contribution in [3.63, 3.8) is 0 Å². The predicted octanol–water partition coefficient (Wildman–Crippen LogP) is 1.21. The molecule has 0 saturated carbocycles.